The maximum atomic E-state index is 3.57. The van der Waals surface area contributed by atoms with E-state index in [1.807, 2.05) is 0 Å². The SMILES string of the molecule is CCCC1CCN(C2CNCc3ccccc32)C1. The second kappa shape index (κ2) is 5.41. The Bertz CT molecular complexity index is 402. The van der Waals surface area contributed by atoms with E-state index in [1.54, 1.807) is 5.56 Å². The highest BCUT2D eigenvalue weighted by atomic mass is 15.2. The summed E-state index contributed by atoms with van der Waals surface area (Å²) in [5.74, 6) is 0.934. The molecule has 2 aliphatic heterocycles. The van der Waals surface area contributed by atoms with Gasteiger partial charge >= 0.3 is 0 Å². The summed E-state index contributed by atoms with van der Waals surface area (Å²) in [5.41, 5.74) is 3.06. The van der Waals surface area contributed by atoms with E-state index in [0.29, 0.717) is 6.04 Å². The quantitative estimate of drug-likeness (QED) is 0.879. The Hall–Kier alpha value is -0.860. The predicted molar refractivity (Wildman–Crippen MR) is 75.5 cm³/mol. The zero-order valence-electron chi connectivity index (χ0n) is 11.4. The van der Waals surface area contributed by atoms with E-state index in [2.05, 4.69) is 41.4 Å². The van der Waals surface area contributed by atoms with Crippen LogP contribution in [-0.2, 0) is 6.54 Å². The van der Waals surface area contributed by atoms with Crippen molar-refractivity contribution in [3.05, 3.63) is 35.4 Å². The lowest BCUT2D eigenvalue weighted by Crippen LogP contribution is -2.38. The van der Waals surface area contributed by atoms with Crippen molar-refractivity contribution in [1.82, 2.24) is 10.2 Å². The fourth-order valence-electron chi connectivity index (χ4n) is 3.59. The first kappa shape index (κ1) is 12.2. The van der Waals surface area contributed by atoms with Crippen molar-refractivity contribution in [2.24, 2.45) is 5.92 Å². The summed E-state index contributed by atoms with van der Waals surface area (Å²) < 4.78 is 0. The highest BCUT2D eigenvalue weighted by Gasteiger charge is 2.30. The van der Waals surface area contributed by atoms with E-state index in [1.165, 1.54) is 37.9 Å². The van der Waals surface area contributed by atoms with Crippen LogP contribution in [0.1, 0.15) is 43.4 Å². The maximum absolute atomic E-state index is 3.57. The van der Waals surface area contributed by atoms with E-state index in [-0.39, 0.29) is 0 Å². The van der Waals surface area contributed by atoms with E-state index in [9.17, 15) is 0 Å². The Morgan fingerprint density at radius 3 is 3.11 bits per heavy atom. The summed E-state index contributed by atoms with van der Waals surface area (Å²) >= 11 is 0. The Kier molecular flexibility index (Phi) is 3.67. The Morgan fingerprint density at radius 2 is 2.22 bits per heavy atom. The topological polar surface area (TPSA) is 15.3 Å². The summed E-state index contributed by atoms with van der Waals surface area (Å²) in [6, 6.07) is 9.56. The minimum Gasteiger partial charge on any atom is -0.311 e. The van der Waals surface area contributed by atoms with Crippen LogP contribution in [0.3, 0.4) is 0 Å². The standard InChI is InChI=1S/C16H24N2/c1-2-5-13-8-9-18(12-13)16-11-17-10-14-6-3-4-7-15(14)16/h3-4,6-7,13,16-17H,2,5,8-12H2,1H3. The highest BCUT2D eigenvalue weighted by Crippen LogP contribution is 2.32. The molecule has 1 aromatic carbocycles. The molecule has 0 saturated carbocycles. The molecule has 2 atom stereocenters. The van der Waals surface area contributed by atoms with Gasteiger partial charge in [0.05, 0.1) is 0 Å². The molecule has 1 fully saturated rings. The summed E-state index contributed by atoms with van der Waals surface area (Å²) in [7, 11) is 0. The number of hydrogen-bond acceptors (Lipinski definition) is 2. The van der Waals surface area contributed by atoms with Gasteiger partial charge in [-0.2, -0.15) is 0 Å². The average molecular weight is 244 g/mol. The minimum atomic E-state index is 0.608. The van der Waals surface area contributed by atoms with E-state index in [4.69, 9.17) is 0 Å². The van der Waals surface area contributed by atoms with Gasteiger partial charge in [0.25, 0.3) is 0 Å². The van der Waals surface area contributed by atoms with Gasteiger partial charge in [-0.05, 0) is 36.4 Å². The number of likely N-dealkylation sites (tertiary alicyclic amines) is 1. The van der Waals surface area contributed by atoms with Gasteiger partial charge in [0, 0.05) is 25.7 Å². The molecule has 0 aromatic heterocycles. The fraction of sp³-hybridized carbons (Fsp3) is 0.625. The number of fused-ring (bicyclic) bond motifs is 1. The first-order valence-corrected chi connectivity index (χ1v) is 7.41. The Balaban J connectivity index is 1.74. The molecule has 2 unspecified atom stereocenters. The maximum Gasteiger partial charge on any atom is 0.0476 e. The third-order valence-corrected chi connectivity index (χ3v) is 4.52. The molecular weight excluding hydrogens is 220 g/mol. The molecule has 3 rings (SSSR count). The first-order chi connectivity index (χ1) is 8.88. The molecule has 2 heteroatoms. The smallest absolute Gasteiger partial charge is 0.0476 e. The molecule has 0 aliphatic carbocycles. The monoisotopic (exact) mass is 244 g/mol. The number of nitrogens with zero attached hydrogens (tertiary/aromatic N) is 1. The minimum absolute atomic E-state index is 0.608. The van der Waals surface area contributed by atoms with Gasteiger partial charge in [0.2, 0.25) is 0 Å². The largest absolute Gasteiger partial charge is 0.311 e. The Labute approximate surface area is 110 Å². The third kappa shape index (κ3) is 2.32. The molecule has 0 radical (unpaired) electrons. The van der Waals surface area contributed by atoms with E-state index >= 15 is 0 Å². The van der Waals surface area contributed by atoms with Crippen molar-refractivity contribution in [3.63, 3.8) is 0 Å². The van der Waals surface area contributed by atoms with Gasteiger partial charge in [-0.25, -0.2) is 0 Å². The fourth-order valence-corrected chi connectivity index (χ4v) is 3.59. The summed E-state index contributed by atoms with van der Waals surface area (Å²) in [5, 5.41) is 3.57. The Morgan fingerprint density at radius 1 is 1.33 bits per heavy atom. The average Bonchev–Trinajstić information content (AvgIpc) is 2.87. The second-order valence-electron chi connectivity index (χ2n) is 5.78. The van der Waals surface area contributed by atoms with Crippen LogP contribution >= 0.6 is 0 Å². The van der Waals surface area contributed by atoms with Crippen molar-refractivity contribution >= 4 is 0 Å². The van der Waals surface area contributed by atoms with Crippen LogP contribution < -0.4 is 5.32 Å². The molecule has 0 spiro atoms. The van der Waals surface area contributed by atoms with Crippen molar-refractivity contribution in [1.29, 1.82) is 0 Å². The molecule has 0 amide bonds. The molecule has 0 bridgehead atoms. The van der Waals surface area contributed by atoms with Gasteiger partial charge in [-0.15, -0.1) is 0 Å². The second-order valence-corrected chi connectivity index (χ2v) is 5.78. The van der Waals surface area contributed by atoms with E-state index < -0.39 is 0 Å². The van der Waals surface area contributed by atoms with Crippen molar-refractivity contribution in [2.45, 2.75) is 38.8 Å². The summed E-state index contributed by atoms with van der Waals surface area (Å²) in [6.45, 7) is 7.05. The number of rotatable bonds is 3. The van der Waals surface area contributed by atoms with Crippen LogP contribution in [0, 0.1) is 5.92 Å². The van der Waals surface area contributed by atoms with Crippen LogP contribution in [0.15, 0.2) is 24.3 Å². The van der Waals surface area contributed by atoms with Crippen molar-refractivity contribution in [2.75, 3.05) is 19.6 Å². The lowest BCUT2D eigenvalue weighted by molar-refractivity contribution is 0.219. The van der Waals surface area contributed by atoms with Gasteiger partial charge in [-0.3, -0.25) is 4.90 Å². The van der Waals surface area contributed by atoms with Crippen LogP contribution in [0.25, 0.3) is 0 Å². The zero-order valence-corrected chi connectivity index (χ0v) is 11.4. The van der Waals surface area contributed by atoms with Crippen LogP contribution in [-0.4, -0.2) is 24.5 Å². The molecule has 1 N–H and O–H groups in total. The molecule has 2 nitrogen and oxygen atoms in total. The molecule has 1 saturated heterocycles. The van der Waals surface area contributed by atoms with Gasteiger partial charge in [0.1, 0.15) is 0 Å². The van der Waals surface area contributed by atoms with Crippen molar-refractivity contribution in [3.8, 4) is 0 Å². The normalized spacial score (nSPS) is 28.3. The lowest BCUT2D eigenvalue weighted by atomic mass is 9.95. The summed E-state index contributed by atoms with van der Waals surface area (Å²) in [4.78, 5) is 2.70. The number of nitrogens with one attached hydrogen (secondary N) is 1. The lowest BCUT2D eigenvalue weighted by Gasteiger charge is -2.33. The van der Waals surface area contributed by atoms with Crippen molar-refractivity contribution < 1.29 is 0 Å². The van der Waals surface area contributed by atoms with E-state index in [0.717, 1.165) is 19.0 Å². The first-order valence-electron chi connectivity index (χ1n) is 7.41. The van der Waals surface area contributed by atoms with Crippen LogP contribution in [0.5, 0.6) is 0 Å². The van der Waals surface area contributed by atoms with Gasteiger partial charge < -0.3 is 5.32 Å². The number of benzene rings is 1. The van der Waals surface area contributed by atoms with Gasteiger partial charge in [-0.1, -0.05) is 37.6 Å². The van der Waals surface area contributed by atoms with Crippen LogP contribution in [0.2, 0.25) is 0 Å². The highest BCUT2D eigenvalue weighted by molar-refractivity contribution is 5.32. The molecule has 18 heavy (non-hydrogen) atoms. The van der Waals surface area contributed by atoms with Crippen LogP contribution in [0.4, 0.5) is 0 Å². The molecule has 2 heterocycles. The molecule has 2 aliphatic rings. The molecular formula is C16H24N2. The van der Waals surface area contributed by atoms with Gasteiger partial charge in [0.15, 0.2) is 0 Å². The molecule has 98 valence electrons. The molecule has 1 aromatic rings. The third-order valence-electron chi connectivity index (χ3n) is 4.52. The summed E-state index contributed by atoms with van der Waals surface area (Å²) in [6.07, 6.45) is 4.13. The zero-order chi connectivity index (χ0) is 12.4. The number of hydrogen-bond donors (Lipinski definition) is 1. The predicted octanol–water partition coefficient (Wildman–Crippen LogP) is 2.95.